The van der Waals surface area contributed by atoms with Gasteiger partial charge in [0.15, 0.2) is 18.9 Å². The van der Waals surface area contributed by atoms with Gasteiger partial charge in [0, 0.05) is 6.42 Å². The Balaban J connectivity index is 1.40. The van der Waals surface area contributed by atoms with Crippen LogP contribution >= 0.6 is 0 Å². The number of rotatable bonds is 58. The zero-order valence-electron chi connectivity index (χ0n) is 56.8. The van der Waals surface area contributed by atoms with Crippen LogP contribution in [-0.4, -0.2) is 193 Å². The standard InChI is InChI=1S/C72H135NO18/c1-3-5-7-9-11-13-15-17-19-21-23-24-25-26-27-28-29-30-32-34-36-38-40-42-44-46-48-50-60(78)73-55(56(77)49-47-45-43-41-39-37-35-33-31-22-20-18-16-14-12-10-8-6-4-2)54-86-70-66(84)63(81)68(58(52-75)88-70)91-72-67(85)64(82)69(59(53-76)89-72)90-71-65(83)62(80)61(79)57(51-74)87-71/h21,23,47,49,55-59,61-72,74-77,79-85H,3-20,22,24-46,48,50-54H2,1-2H3,(H,73,78)/b23-21-,49-47+. The smallest absolute Gasteiger partial charge is 0.220 e. The normalized spacial score (nSPS) is 27.9. The highest BCUT2D eigenvalue weighted by Crippen LogP contribution is 2.33. The Morgan fingerprint density at radius 1 is 0.385 bits per heavy atom. The molecule has 0 spiro atoms. The van der Waals surface area contributed by atoms with Crippen LogP contribution in [0, 0.1) is 0 Å². The van der Waals surface area contributed by atoms with Crippen LogP contribution in [0.25, 0.3) is 0 Å². The van der Waals surface area contributed by atoms with Gasteiger partial charge in [0.1, 0.15) is 73.2 Å². The van der Waals surface area contributed by atoms with Gasteiger partial charge in [-0.15, -0.1) is 0 Å². The third-order valence-corrected chi connectivity index (χ3v) is 18.7. The fraction of sp³-hybridized carbons (Fsp3) is 0.931. The molecule has 3 saturated heterocycles. The maximum Gasteiger partial charge on any atom is 0.220 e. The Morgan fingerprint density at radius 3 is 1.07 bits per heavy atom. The summed E-state index contributed by atoms with van der Waals surface area (Å²) in [7, 11) is 0. The van der Waals surface area contributed by atoms with Crippen molar-refractivity contribution in [2.24, 2.45) is 0 Å². The summed E-state index contributed by atoms with van der Waals surface area (Å²) in [5, 5.41) is 121. The van der Waals surface area contributed by atoms with Crippen LogP contribution in [0.3, 0.4) is 0 Å². The van der Waals surface area contributed by atoms with E-state index >= 15 is 0 Å². The molecule has 12 N–H and O–H groups in total. The lowest BCUT2D eigenvalue weighted by Gasteiger charge is -2.48. The average molecular weight is 1300 g/mol. The van der Waals surface area contributed by atoms with Crippen LogP contribution in [0.15, 0.2) is 24.3 Å². The molecule has 0 radical (unpaired) electrons. The molecule has 91 heavy (non-hydrogen) atoms. The topological polar surface area (TPSA) is 307 Å². The van der Waals surface area contributed by atoms with E-state index < -0.39 is 124 Å². The molecule has 0 aliphatic carbocycles. The summed E-state index contributed by atoms with van der Waals surface area (Å²) in [6.07, 6.45) is 35.8. The van der Waals surface area contributed by atoms with Crippen LogP contribution in [-0.2, 0) is 33.2 Å². The van der Waals surface area contributed by atoms with Crippen molar-refractivity contribution >= 4 is 5.91 Å². The molecule has 3 aliphatic rings. The molecule has 3 heterocycles. The minimum atomic E-state index is -1.98. The van der Waals surface area contributed by atoms with Crippen molar-refractivity contribution in [2.75, 3.05) is 26.4 Å². The monoisotopic (exact) mass is 1300 g/mol. The van der Waals surface area contributed by atoms with E-state index in [2.05, 4.69) is 31.3 Å². The van der Waals surface area contributed by atoms with Crippen molar-refractivity contribution in [2.45, 2.75) is 401 Å². The number of carbonyl (C=O) groups excluding carboxylic acids is 1. The SMILES string of the molecule is CCCCCCCCCC/C=C\CCCCCCCCCCCCCCCCCC(=O)NC(COC1OC(CO)C(OC2OC(CO)C(OC3OC(CO)C(O)C(O)C3O)C(O)C2O)C(O)C1O)C(O)/C=C/CCCCCCCCCCCCCCCCCCC. The molecule has 0 aromatic heterocycles. The summed E-state index contributed by atoms with van der Waals surface area (Å²) in [4.78, 5) is 13.4. The number of unbranched alkanes of at least 4 members (excludes halogenated alkanes) is 40. The van der Waals surface area contributed by atoms with E-state index in [-0.39, 0.29) is 18.9 Å². The van der Waals surface area contributed by atoms with Gasteiger partial charge in [0.05, 0.1) is 38.6 Å². The molecule has 3 rings (SSSR count). The summed E-state index contributed by atoms with van der Waals surface area (Å²) < 4.78 is 34.4. The van der Waals surface area contributed by atoms with Gasteiger partial charge in [-0.1, -0.05) is 269 Å². The van der Waals surface area contributed by atoms with Gasteiger partial charge in [0.2, 0.25) is 5.91 Å². The van der Waals surface area contributed by atoms with Crippen LogP contribution < -0.4 is 5.32 Å². The van der Waals surface area contributed by atoms with E-state index in [4.69, 9.17) is 28.4 Å². The largest absolute Gasteiger partial charge is 0.394 e. The number of amides is 1. The van der Waals surface area contributed by atoms with Crippen molar-refractivity contribution in [3.05, 3.63) is 24.3 Å². The molecule has 0 saturated carbocycles. The quantitative estimate of drug-likeness (QED) is 0.0199. The van der Waals surface area contributed by atoms with E-state index in [1.807, 2.05) is 6.08 Å². The Morgan fingerprint density at radius 2 is 0.692 bits per heavy atom. The van der Waals surface area contributed by atoms with Crippen molar-refractivity contribution < 1.29 is 89.4 Å². The van der Waals surface area contributed by atoms with E-state index in [1.54, 1.807) is 6.08 Å². The summed E-state index contributed by atoms with van der Waals surface area (Å²) >= 11 is 0. The second-order valence-electron chi connectivity index (χ2n) is 26.8. The van der Waals surface area contributed by atoms with Gasteiger partial charge in [-0.2, -0.15) is 0 Å². The molecule has 0 aromatic carbocycles. The first-order valence-electron chi connectivity index (χ1n) is 37.1. The predicted molar refractivity (Wildman–Crippen MR) is 356 cm³/mol. The number of hydrogen-bond acceptors (Lipinski definition) is 18. The fourth-order valence-corrected chi connectivity index (χ4v) is 12.7. The maximum absolute atomic E-state index is 13.4. The van der Waals surface area contributed by atoms with Crippen LogP contribution in [0.5, 0.6) is 0 Å². The van der Waals surface area contributed by atoms with Gasteiger partial charge in [0.25, 0.3) is 0 Å². The van der Waals surface area contributed by atoms with Crippen LogP contribution in [0.4, 0.5) is 0 Å². The molecule has 17 unspecified atom stereocenters. The molecule has 0 aromatic rings. The minimum absolute atomic E-state index is 0.247. The molecule has 536 valence electrons. The molecule has 19 nitrogen and oxygen atoms in total. The second kappa shape index (κ2) is 54.3. The molecule has 3 aliphatic heterocycles. The van der Waals surface area contributed by atoms with Gasteiger partial charge < -0.3 is 89.9 Å². The zero-order valence-corrected chi connectivity index (χ0v) is 56.8. The van der Waals surface area contributed by atoms with Crippen molar-refractivity contribution in [3.8, 4) is 0 Å². The Kier molecular flexibility index (Phi) is 49.8. The van der Waals surface area contributed by atoms with Gasteiger partial charge in [-0.3, -0.25) is 4.79 Å². The molecular formula is C72H135NO18. The Bertz CT molecular complexity index is 1750. The molecule has 3 fully saturated rings. The molecule has 0 bridgehead atoms. The first kappa shape index (κ1) is 83.5. The summed E-state index contributed by atoms with van der Waals surface area (Å²) in [6, 6.07) is -0.971. The summed E-state index contributed by atoms with van der Waals surface area (Å²) in [5.74, 6) is -0.270. The second-order valence-corrected chi connectivity index (χ2v) is 26.8. The summed E-state index contributed by atoms with van der Waals surface area (Å²) in [5.41, 5.74) is 0. The lowest BCUT2D eigenvalue weighted by Crippen LogP contribution is -2.66. The van der Waals surface area contributed by atoms with Crippen molar-refractivity contribution in [3.63, 3.8) is 0 Å². The predicted octanol–water partition coefficient (Wildman–Crippen LogP) is 10.6. The average Bonchev–Trinajstić information content (AvgIpc) is 0.885. The van der Waals surface area contributed by atoms with E-state index in [1.165, 1.54) is 225 Å². The van der Waals surface area contributed by atoms with E-state index in [9.17, 15) is 61.0 Å². The third-order valence-electron chi connectivity index (χ3n) is 18.7. The summed E-state index contributed by atoms with van der Waals surface area (Å²) in [6.45, 7) is 1.77. The number of aliphatic hydroxyl groups excluding tert-OH is 11. The van der Waals surface area contributed by atoms with E-state index in [0.717, 1.165) is 44.9 Å². The minimum Gasteiger partial charge on any atom is -0.394 e. The Labute approximate surface area is 549 Å². The number of aliphatic hydroxyl groups is 11. The number of ether oxygens (including phenoxy) is 6. The Hall–Kier alpha value is -1.73. The first-order chi connectivity index (χ1) is 44.3. The van der Waals surface area contributed by atoms with Crippen molar-refractivity contribution in [1.82, 2.24) is 5.32 Å². The highest BCUT2D eigenvalue weighted by molar-refractivity contribution is 5.76. The lowest BCUT2D eigenvalue weighted by molar-refractivity contribution is -0.379. The number of carbonyl (C=O) groups is 1. The van der Waals surface area contributed by atoms with Crippen LogP contribution in [0.2, 0.25) is 0 Å². The van der Waals surface area contributed by atoms with Gasteiger partial charge in [-0.25, -0.2) is 0 Å². The number of nitrogens with one attached hydrogen (secondary N) is 1. The highest BCUT2D eigenvalue weighted by Gasteiger charge is 2.53. The van der Waals surface area contributed by atoms with Crippen LogP contribution in [0.1, 0.15) is 296 Å². The molecule has 19 heteroatoms. The fourth-order valence-electron chi connectivity index (χ4n) is 12.7. The maximum atomic E-state index is 13.4. The number of allylic oxidation sites excluding steroid dienone is 3. The molecule has 17 atom stereocenters. The highest BCUT2D eigenvalue weighted by atomic mass is 16.8. The molecule has 1 amide bonds. The molecular weight excluding hydrogens is 1170 g/mol. The van der Waals surface area contributed by atoms with E-state index in [0.29, 0.717) is 6.42 Å². The lowest BCUT2D eigenvalue weighted by atomic mass is 9.96. The van der Waals surface area contributed by atoms with Gasteiger partial charge in [-0.05, 0) is 44.9 Å². The van der Waals surface area contributed by atoms with Gasteiger partial charge >= 0.3 is 0 Å². The van der Waals surface area contributed by atoms with Crippen molar-refractivity contribution in [1.29, 1.82) is 0 Å². The zero-order chi connectivity index (χ0) is 66.1. The first-order valence-corrected chi connectivity index (χ1v) is 37.1. The number of hydrogen-bond donors (Lipinski definition) is 12. The third kappa shape index (κ3) is 35.9.